The zero-order valence-electron chi connectivity index (χ0n) is 9.75. The minimum absolute atomic E-state index is 0.391. The van der Waals surface area contributed by atoms with Crippen LogP contribution in [0, 0.1) is 0 Å². The molecule has 0 spiro atoms. The number of hydrogen-bond acceptors (Lipinski definition) is 2. The number of halogens is 4. The number of ether oxygens (including phenoxy) is 1. The van der Waals surface area contributed by atoms with Crippen LogP contribution in [0.25, 0.3) is 11.0 Å². The normalized spacial score (nSPS) is 11.0. The van der Waals surface area contributed by atoms with Gasteiger partial charge in [-0.25, -0.2) is 4.98 Å². The molecule has 7 heteroatoms. The molecule has 0 amide bonds. The van der Waals surface area contributed by atoms with Crippen molar-refractivity contribution < 1.29 is 4.74 Å². The Morgan fingerprint density at radius 1 is 1.05 bits per heavy atom. The topological polar surface area (TPSA) is 37.9 Å². The van der Waals surface area contributed by atoms with Crippen LogP contribution in [0.2, 0.25) is 10.0 Å². The third kappa shape index (κ3) is 2.44. The molecule has 0 aliphatic carbocycles. The van der Waals surface area contributed by atoms with Crippen LogP contribution in [-0.2, 0) is 0 Å². The van der Waals surface area contributed by atoms with Crippen LogP contribution in [0.15, 0.2) is 39.5 Å². The standard InChI is InChI=1S/C13H6Br2Cl2N2O/c14-7-8(16)10-11(19-13(15)18-10)12(9(7)17)20-6-4-2-1-3-5-6/h1-5H,(H,18,19). The fraction of sp³-hybridized carbons (Fsp3) is 0. The Morgan fingerprint density at radius 2 is 1.75 bits per heavy atom. The first-order chi connectivity index (χ1) is 9.58. The summed E-state index contributed by atoms with van der Waals surface area (Å²) < 4.78 is 6.97. The molecule has 0 aliphatic heterocycles. The number of para-hydroxylation sites is 1. The van der Waals surface area contributed by atoms with Crippen LogP contribution >= 0.6 is 55.1 Å². The van der Waals surface area contributed by atoms with E-state index < -0.39 is 0 Å². The van der Waals surface area contributed by atoms with E-state index in [2.05, 4.69) is 41.8 Å². The number of aromatic amines is 1. The highest BCUT2D eigenvalue weighted by molar-refractivity contribution is 9.10. The second-order valence-electron chi connectivity index (χ2n) is 3.94. The Kier molecular flexibility index (Phi) is 3.95. The van der Waals surface area contributed by atoms with Crippen molar-refractivity contribution in [1.29, 1.82) is 0 Å². The van der Waals surface area contributed by atoms with E-state index in [1.807, 2.05) is 30.3 Å². The molecule has 1 heterocycles. The smallest absolute Gasteiger partial charge is 0.175 e. The second-order valence-corrected chi connectivity index (χ2v) is 6.24. The third-order valence-electron chi connectivity index (χ3n) is 2.66. The molecule has 0 radical (unpaired) electrons. The lowest BCUT2D eigenvalue weighted by Gasteiger charge is -2.11. The highest BCUT2D eigenvalue weighted by atomic mass is 79.9. The SMILES string of the molecule is Clc1c(Br)c(Cl)c2nc(Br)[nH]c2c1Oc1ccccc1. The van der Waals surface area contributed by atoms with Crippen LogP contribution in [0.1, 0.15) is 0 Å². The lowest BCUT2D eigenvalue weighted by molar-refractivity contribution is 0.487. The quantitative estimate of drug-likeness (QED) is 0.486. The predicted molar refractivity (Wildman–Crippen MR) is 88.0 cm³/mol. The molecule has 1 aromatic heterocycles. The lowest BCUT2D eigenvalue weighted by atomic mass is 10.3. The molecule has 1 N–H and O–H groups in total. The Hall–Kier alpha value is -0.750. The molecule has 0 saturated heterocycles. The van der Waals surface area contributed by atoms with Crippen LogP contribution in [0.4, 0.5) is 0 Å². The van der Waals surface area contributed by atoms with Crippen molar-refractivity contribution >= 4 is 66.1 Å². The van der Waals surface area contributed by atoms with Crippen LogP contribution in [0.5, 0.6) is 11.5 Å². The van der Waals surface area contributed by atoms with Crippen molar-refractivity contribution in [2.75, 3.05) is 0 Å². The molecule has 0 bridgehead atoms. The summed E-state index contributed by atoms with van der Waals surface area (Å²) in [7, 11) is 0. The van der Waals surface area contributed by atoms with Gasteiger partial charge in [-0.1, -0.05) is 41.4 Å². The number of imidazole rings is 1. The first-order valence-corrected chi connectivity index (χ1v) is 7.86. The average Bonchev–Trinajstić information content (AvgIpc) is 2.84. The molecule has 0 atom stereocenters. The highest BCUT2D eigenvalue weighted by Gasteiger charge is 2.20. The van der Waals surface area contributed by atoms with E-state index in [0.29, 0.717) is 41.8 Å². The molecule has 3 nitrogen and oxygen atoms in total. The zero-order valence-corrected chi connectivity index (χ0v) is 14.4. The molecule has 0 fully saturated rings. The largest absolute Gasteiger partial charge is 0.453 e. The minimum Gasteiger partial charge on any atom is -0.453 e. The first-order valence-electron chi connectivity index (χ1n) is 5.52. The number of hydrogen-bond donors (Lipinski definition) is 1. The molecular formula is C13H6Br2Cl2N2O. The maximum absolute atomic E-state index is 6.32. The minimum atomic E-state index is 0.391. The summed E-state index contributed by atoms with van der Waals surface area (Å²) in [5, 5.41) is 0.829. The van der Waals surface area contributed by atoms with Crippen LogP contribution in [0.3, 0.4) is 0 Å². The number of fused-ring (bicyclic) bond motifs is 1. The van der Waals surface area contributed by atoms with Crippen LogP contribution in [-0.4, -0.2) is 9.97 Å². The Bertz CT molecular complexity index is 790. The summed E-state index contributed by atoms with van der Waals surface area (Å²) >= 11 is 19.2. The second kappa shape index (κ2) is 5.56. The summed E-state index contributed by atoms with van der Waals surface area (Å²) in [6, 6.07) is 9.36. The van der Waals surface area contributed by atoms with Crippen molar-refractivity contribution in [3.05, 3.63) is 49.6 Å². The van der Waals surface area contributed by atoms with Gasteiger partial charge in [0, 0.05) is 0 Å². The van der Waals surface area contributed by atoms with E-state index in [0.717, 1.165) is 0 Å². The predicted octanol–water partition coefficient (Wildman–Crippen LogP) is 6.19. The number of nitrogens with one attached hydrogen (secondary N) is 1. The van der Waals surface area contributed by atoms with Gasteiger partial charge >= 0.3 is 0 Å². The van der Waals surface area contributed by atoms with Gasteiger partial charge in [0.05, 0.1) is 9.50 Å². The molecule has 20 heavy (non-hydrogen) atoms. The molecule has 0 unspecified atom stereocenters. The van der Waals surface area contributed by atoms with Crippen molar-refractivity contribution in [2.24, 2.45) is 0 Å². The number of H-pyrrole nitrogens is 1. The number of nitrogens with zero attached hydrogens (tertiary/aromatic N) is 1. The zero-order chi connectivity index (χ0) is 14.3. The van der Waals surface area contributed by atoms with Gasteiger partial charge in [-0.15, -0.1) is 0 Å². The summed E-state index contributed by atoms with van der Waals surface area (Å²) in [6.07, 6.45) is 0. The van der Waals surface area contributed by atoms with E-state index in [1.165, 1.54) is 0 Å². The van der Waals surface area contributed by atoms with Gasteiger partial charge in [0.15, 0.2) is 10.5 Å². The van der Waals surface area contributed by atoms with E-state index >= 15 is 0 Å². The maximum atomic E-state index is 6.32. The van der Waals surface area contributed by atoms with E-state index in [-0.39, 0.29) is 0 Å². The highest BCUT2D eigenvalue weighted by Crippen LogP contribution is 2.45. The fourth-order valence-electron chi connectivity index (χ4n) is 1.78. The van der Waals surface area contributed by atoms with Gasteiger partial charge < -0.3 is 9.72 Å². The van der Waals surface area contributed by atoms with Crippen molar-refractivity contribution in [3.63, 3.8) is 0 Å². The molecular weight excluding hydrogens is 431 g/mol. The number of aromatic nitrogens is 2. The number of benzene rings is 2. The molecule has 102 valence electrons. The lowest BCUT2D eigenvalue weighted by Crippen LogP contribution is -1.89. The molecule has 0 aliphatic rings. The van der Waals surface area contributed by atoms with Gasteiger partial charge in [0.25, 0.3) is 0 Å². The third-order valence-corrected chi connectivity index (χ3v) is 5.01. The van der Waals surface area contributed by atoms with Gasteiger partial charge in [0.1, 0.15) is 21.8 Å². The van der Waals surface area contributed by atoms with E-state index in [1.54, 1.807) is 0 Å². The first kappa shape index (κ1) is 14.2. The van der Waals surface area contributed by atoms with Gasteiger partial charge in [0.2, 0.25) is 0 Å². The number of rotatable bonds is 2. The summed E-state index contributed by atoms with van der Waals surface area (Å²) in [5.74, 6) is 1.15. The van der Waals surface area contributed by atoms with E-state index in [9.17, 15) is 0 Å². The summed E-state index contributed by atoms with van der Waals surface area (Å²) in [4.78, 5) is 7.32. The monoisotopic (exact) mass is 434 g/mol. The molecule has 3 aromatic rings. The van der Waals surface area contributed by atoms with Crippen LogP contribution < -0.4 is 4.74 Å². The summed E-state index contributed by atoms with van der Waals surface area (Å²) in [6.45, 7) is 0. The molecule has 3 rings (SSSR count). The molecule has 2 aromatic carbocycles. The van der Waals surface area contributed by atoms with Gasteiger partial charge in [-0.05, 0) is 44.0 Å². The Labute approximate surface area is 141 Å². The maximum Gasteiger partial charge on any atom is 0.175 e. The summed E-state index contributed by atoms with van der Waals surface area (Å²) in [5.41, 5.74) is 1.22. The Balaban J connectivity index is 2.24. The fourth-order valence-corrected chi connectivity index (χ4v) is 3.03. The molecule has 0 saturated carbocycles. The van der Waals surface area contributed by atoms with Crippen molar-refractivity contribution in [3.8, 4) is 11.5 Å². The van der Waals surface area contributed by atoms with Gasteiger partial charge in [-0.2, -0.15) is 0 Å². The van der Waals surface area contributed by atoms with Crippen molar-refractivity contribution in [2.45, 2.75) is 0 Å². The Morgan fingerprint density at radius 3 is 2.45 bits per heavy atom. The van der Waals surface area contributed by atoms with Gasteiger partial charge in [-0.3, -0.25) is 0 Å². The van der Waals surface area contributed by atoms with E-state index in [4.69, 9.17) is 27.9 Å². The average molecular weight is 437 g/mol. The van der Waals surface area contributed by atoms with Crippen molar-refractivity contribution in [1.82, 2.24) is 9.97 Å².